The molecule has 0 bridgehead atoms. The quantitative estimate of drug-likeness (QED) is 0.139. The smallest absolute Gasteiger partial charge is 0.306 e. The fourth-order valence-corrected chi connectivity index (χ4v) is 4.70. The molecule has 0 aliphatic heterocycles. The second-order valence-corrected chi connectivity index (χ2v) is 11.8. The molecule has 2 atom stereocenters. The summed E-state index contributed by atoms with van der Waals surface area (Å²) in [5.41, 5.74) is 5.22. The van der Waals surface area contributed by atoms with Gasteiger partial charge in [-0.05, 0) is 57.9 Å². The SMILES string of the molecule is CC(C)(C)[C@@H](CO)NC(=O)[C@H](C=CCCC(=O)OCc1ccccc1)n1ccc(-c2ccc(-c3ccc(C#N)cc3)cc2)c1. The summed E-state index contributed by atoms with van der Waals surface area (Å²) in [6.07, 6.45) is 8.01. The standard InChI is InChI=1S/C37H39N3O4/c1-37(2,3)34(25-41)39-36(43)33(11-7-8-12-35(42)44-26-28-9-5-4-6-10-28)40-22-21-32(24-40)31-19-17-30(18-20-31)29-15-13-27(23-38)14-16-29/h4-7,9-11,13-22,24,33-34,41H,8,12,25-26H2,1-3H3,(H,39,43)/t33-,34+/m0/s1. The number of amides is 1. The Hall–Kier alpha value is -4.93. The summed E-state index contributed by atoms with van der Waals surface area (Å²) in [7, 11) is 0. The molecular weight excluding hydrogens is 550 g/mol. The van der Waals surface area contributed by atoms with Gasteiger partial charge < -0.3 is 19.7 Å². The van der Waals surface area contributed by atoms with Crippen LogP contribution < -0.4 is 5.32 Å². The lowest BCUT2D eigenvalue weighted by molar-refractivity contribution is -0.144. The number of aliphatic hydroxyl groups excluding tert-OH is 1. The minimum absolute atomic E-state index is 0.179. The predicted octanol–water partition coefficient (Wildman–Crippen LogP) is 6.84. The highest BCUT2D eigenvalue weighted by Crippen LogP contribution is 2.27. The van der Waals surface area contributed by atoms with Gasteiger partial charge in [-0.15, -0.1) is 0 Å². The normalized spacial score (nSPS) is 12.8. The number of hydrogen-bond donors (Lipinski definition) is 2. The van der Waals surface area contributed by atoms with E-state index in [9.17, 15) is 14.7 Å². The molecule has 0 fully saturated rings. The van der Waals surface area contributed by atoms with E-state index in [1.54, 1.807) is 18.2 Å². The average molecular weight is 590 g/mol. The zero-order valence-electron chi connectivity index (χ0n) is 25.4. The van der Waals surface area contributed by atoms with E-state index in [4.69, 9.17) is 10.00 Å². The molecule has 0 aliphatic rings. The zero-order valence-corrected chi connectivity index (χ0v) is 25.4. The molecule has 0 radical (unpaired) electrons. The molecule has 0 aliphatic carbocycles. The van der Waals surface area contributed by atoms with Gasteiger partial charge in [-0.3, -0.25) is 9.59 Å². The first kappa shape index (κ1) is 32.0. The van der Waals surface area contributed by atoms with E-state index in [1.807, 2.05) is 117 Å². The maximum Gasteiger partial charge on any atom is 0.306 e. The number of esters is 1. The fourth-order valence-electron chi connectivity index (χ4n) is 4.70. The summed E-state index contributed by atoms with van der Waals surface area (Å²) in [5.74, 6) is -0.555. The van der Waals surface area contributed by atoms with Gasteiger partial charge in [0.15, 0.2) is 0 Å². The number of nitrogens with one attached hydrogen (secondary N) is 1. The lowest BCUT2D eigenvalue weighted by Crippen LogP contribution is -2.48. The molecule has 3 aromatic carbocycles. The summed E-state index contributed by atoms with van der Waals surface area (Å²) in [5, 5.41) is 22.0. The maximum absolute atomic E-state index is 13.5. The molecular formula is C37H39N3O4. The van der Waals surface area contributed by atoms with Crippen LogP contribution in [-0.2, 0) is 20.9 Å². The van der Waals surface area contributed by atoms with Crippen LogP contribution in [-0.4, -0.2) is 34.2 Å². The lowest BCUT2D eigenvalue weighted by Gasteiger charge is -2.31. The molecule has 1 amide bonds. The third kappa shape index (κ3) is 8.79. The molecule has 7 nitrogen and oxygen atoms in total. The molecule has 226 valence electrons. The van der Waals surface area contributed by atoms with Gasteiger partial charge in [-0.2, -0.15) is 5.26 Å². The number of nitrogens with zero attached hydrogens (tertiary/aromatic N) is 2. The zero-order chi connectivity index (χ0) is 31.5. The number of hydrogen-bond acceptors (Lipinski definition) is 5. The van der Waals surface area contributed by atoms with E-state index >= 15 is 0 Å². The highest BCUT2D eigenvalue weighted by Gasteiger charge is 2.28. The highest BCUT2D eigenvalue weighted by molar-refractivity contribution is 5.83. The summed E-state index contributed by atoms with van der Waals surface area (Å²) in [6.45, 7) is 5.95. The first-order chi connectivity index (χ1) is 21.2. The van der Waals surface area contributed by atoms with Crippen molar-refractivity contribution in [2.24, 2.45) is 5.41 Å². The van der Waals surface area contributed by atoms with Crippen LogP contribution in [0.1, 0.15) is 50.8 Å². The van der Waals surface area contributed by atoms with Crippen LogP contribution in [0.3, 0.4) is 0 Å². The van der Waals surface area contributed by atoms with Crippen molar-refractivity contribution in [3.8, 4) is 28.3 Å². The van der Waals surface area contributed by atoms with Crippen molar-refractivity contribution >= 4 is 11.9 Å². The van der Waals surface area contributed by atoms with Crippen molar-refractivity contribution in [3.05, 3.63) is 121 Å². The van der Waals surface area contributed by atoms with E-state index in [2.05, 4.69) is 11.4 Å². The van der Waals surface area contributed by atoms with Crippen molar-refractivity contribution < 1.29 is 19.4 Å². The first-order valence-corrected chi connectivity index (χ1v) is 14.7. The number of aromatic nitrogens is 1. The van der Waals surface area contributed by atoms with Gasteiger partial charge in [-0.1, -0.05) is 99.7 Å². The molecule has 7 heteroatoms. The van der Waals surface area contributed by atoms with Crippen molar-refractivity contribution in [3.63, 3.8) is 0 Å². The van der Waals surface area contributed by atoms with Crippen LogP contribution in [0, 0.1) is 16.7 Å². The second-order valence-electron chi connectivity index (χ2n) is 11.8. The lowest BCUT2D eigenvalue weighted by atomic mass is 9.87. The number of carbonyl (C=O) groups excluding carboxylic acids is 2. The van der Waals surface area contributed by atoms with E-state index in [0.29, 0.717) is 12.0 Å². The monoisotopic (exact) mass is 589 g/mol. The third-order valence-electron chi connectivity index (χ3n) is 7.49. The maximum atomic E-state index is 13.5. The minimum Gasteiger partial charge on any atom is -0.461 e. The second kappa shape index (κ2) is 15.0. The Kier molecular flexibility index (Phi) is 10.9. The molecule has 0 saturated heterocycles. The first-order valence-electron chi connectivity index (χ1n) is 14.7. The van der Waals surface area contributed by atoms with E-state index in [-0.39, 0.29) is 36.9 Å². The molecule has 1 heterocycles. The molecule has 44 heavy (non-hydrogen) atoms. The topological polar surface area (TPSA) is 104 Å². The number of aliphatic hydroxyl groups is 1. The van der Waals surface area contributed by atoms with Crippen LogP contribution in [0.4, 0.5) is 0 Å². The Morgan fingerprint density at radius 2 is 1.55 bits per heavy atom. The molecule has 4 aromatic rings. The van der Waals surface area contributed by atoms with Crippen LogP contribution in [0.5, 0.6) is 0 Å². The van der Waals surface area contributed by atoms with Crippen molar-refractivity contribution in [1.29, 1.82) is 5.26 Å². The highest BCUT2D eigenvalue weighted by atomic mass is 16.5. The number of ether oxygens (including phenoxy) is 1. The molecule has 4 rings (SSSR count). The van der Waals surface area contributed by atoms with Crippen molar-refractivity contribution in [2.45, 2.75) is 52.3 Å². The summed E-state index contributed by atoms with van der Waals surface area (Å²) in [4.78, 5) is 25.8. The van der Waals surface area contributed by atoms with E-state index < -0.39 is 12.1 Å². The third-order valence-corrected chi connectivity index (χ3v) is 7.49. The van der Waals surface area contributed by atoms with Crippen LogP contribution in [0.15, 0.2) is 109 Å². The molecule has 0 saturated carbocycles. The average Bonchev–Trinajstić information content (AvgIpc) is 3.52. The van der Waals surface area contributed by atoms with E-state index in [1.165, 1.54) is 0 Å². The predicted molar refractivity (Wildman–Crippen MR) is 172 cm³/mol. The van der Waals surface area contributed by atoms with Gasteiger partial charge in [0.05, 0.1) is 24.3 Å². The Balaban J connectivity index is 1.47. The van der Waals surface area contributed by atoms with Gasteiger partial charge in [-0.25, -0.2) is 0 Å². The Labute approximate surface area is 259 Å². The van der Waals surface area contributed by atoms with E-state index in [0.717, 1.165) is 27.8 Å². The number of nitriles is 1. The fraction of sp³-hybridized carbons (Fsp3) is 0.270. The van der Waals surface area contributed by atoms with Crippen LogP contribution in [0.2, 0.25) is 0 Å². The van der Waals surface area contributed by atoms with Gasteiger partial charge >= 0.3 is 5.97 Å². The van der Waals surface area contributed by atoms with Crippen molar-refractivity contribution in [1.82, 2.24) is 9.88 Å². The Bertz CT molecular complexity index is 1590. The largest absolute Gasteiger partial charge is 0.461 e. The number of allylic oxidation sites excluding steroid dienone is 1. The summed E-state index contributed by atoms with van der Waals surface area (Å²) >= 11 is 0. The Morgan fingerprint density at radius 3 is 2.14 bits per heavy atom. The van der Waals surface area contributed by atoms with Crippen LogP contribution in [0.25, 0.3) is 22.3 Å². The summed E-state index contributed by atoms with van der Waals surface area (Å²) in [6, 6.07) is 28.1. The molecule has 0 unspecified atom stereocenters. The number of rotatable bonds is 12. The minimum atomic E-state index is -0.682. The van der Waals surface area contributed by atoms with Gasteiger partial charge in [0.1, 0.15) is 12.6 Å². The van der Waals surface area contributed by atoms with Gasteiger partial charge in [0, 0.05) is 18.8 Å². The van der Waals surface area contributed by atoms with Gasteiger partial charge in [0.25, 0.3) is 0 Å². The van der Waals surface area contributed by atoms with Crippen molar-refractivity contribution in [2.75, 3.05) is 6.61 Å². The Morgan fingerprint density at radius 1 is 0.932 bits per heavy atom. The molecule has 0 spiro atoms. The number of carbonyl (C=O) groups is 2. The van der Waals surface area contributed by atoms with Crippen LogP contribution >= 0.6 is 0 Å². The summed E-state index contributed by atoms with van der Waals surface area (Å²) < 4.78 is 7.21. The molecule has 1 aromatic heterocycles. The number of benzene rings is 3. The van der Waals surface area contributed by atoms with Gasteiger partial charge in [0.2, 0.25) is 5.91 Å². The molecule has 2 N–H and O–H groups in total.